The van der Waals surface area contributed by atoms with Crippen molar-refractivity contribution in [3.8, 4) is 5.75 Å². The van der Waals surface area contributed by atoms with E-state index in [0.717, 1.165) is 30.0 Å². The molecule has 0 unspecified atom stereocenters. The SMILES string of the molecule is CCc1nc(SCC(=O)NCCc2ccccc2OC)n[nH]1. The maximum atomic E-state index is 11.8. The number of H-pyrrole nitrogens is 1. The molecule has 118 valence electrons. The average Bonchev–Trinajstić information content (AvgIpc) is 3.01. The average molecular weight is 320 g/mol. The summed E-state index contributed by atoms with van der Waals surface area (Å²) in [5.41, 5.74) is 1.08. The molecule has 0 aliphatic carbocycles. The van der Waals surface area contributed by atoms with Crippen molar-refractivity contribution in [1.82, 2.24) is 20.5 Å². The molecule has 0 spiro atoms. The number of aromatic nitrogens is 3. The number of ether oxygens (including phenoxy) is 1. The van der Waals surface area contributed by atoms with Crippen LogP contribution in [0.2, 0.25) is 0 Å². The van der Waals surface area contributed by atoms with Gasteiger partial charge in [0.15, 0.2) is 0 Å². The zero-order valence-electron chi connectivity index (χ0n) is 12.8. The molecule has 1 aromatic heterocycles. The summed E-state index contributed by atoms with van der Waals surface area (Å²) in [6.45, 7) is 2.58. The highest BCUT2D eigenvalue weighted by Crippen LogP contribution is 2.17. The van der Waals surface area contributed by atoms with Gasteiger partial charge < -0.3 is 10.1 Å². The van der Waals surface area contributed by atoms with E-state index >= 15 is 0 Å². The highest BCUT2D eigenvalue weighted by atomic mass is 32.2. The third kappa shape index (κ3) is 4.77. The Morgan fingerprint density at radius 2 is 2.23 bits per heavy atom. The molecule has 0 saturated carbocycles. The van der Waals surface area contributed by atoms with Crippen LogP contribution in [-0.4, -0.2) is 40.5 Å². The lowest BCUT2D eigenvalue weighted by Gasteiger charge is -2.08. The first kappa shape index (κ1) is 16.4. The van der Waals surface area contributed by atoms with E-state index in [9.17, 15) is 4.79 Å². The normalized spacial score (nSPS) is 10.5. The number of aromatic amines is 1. The molecule has 2 aromatic rings. The molecule has 1 aromatic carbocycles. The lowest BCUT2D eigenvalue weighted by Crippen LogP contribution is -2.27. The molecule has 1 amide bonds. The van der Waals surface area contributed by atoms with E-state index in [0.29, 0.717) is 17.5 Å². The zero-order valence-corrected chi connectivity index (χ0v) is 13.6. The van der Waals surface area contributed by atoms with Gasteiger partial charge in [-0.1, -0.05) is 36.9 Å². The van der Waals surface area contributed by atoms with Gasteiger partial charge in [0.1, 0.15) is 11.6 Å². The van der Waals surface area contributed by atoms with Gasteiger partial charge in [-0.3, -0.25) is 9.89 Å². The maximum Gasteiger partial charge on any atom is 0.230 e. The summed E-state index contributed by atoms with van der Waals surface area (Å²) >= 11 is 1.33. The Labute approximate surface area is 134 Å². The van der Waals surface area contributed by atoms with Crippen molar-refractivity contribution in [1.29, 1.82) is 0 Å². The maximum absolute atomic E-state index is 11.8. The lowest BCUT2D eigenvalue weighted by molar-refractivity contribution is -0.118. The van der Waals surface area contributed by atoms with Gasteiger partial charge in [-0.25, -0.2) is 4.98 Å². The second-order valence-corrected chi connectivity index (χ2v) is 5.56. The fourth-order valence-electron chi connectivity index (χ4n) is 1.93. The summed E-state index contributed by atoms with van der Waals surface area (Å²) in [5, 5.41) is 10.4. The van der Waals surface area contributed by atoms with E-state index in [1.165, 1.54) is 11.8 Å². The van der Waals surface area contributed by atoms with E-state index in [1.54, 1.807) is 7.11 Å². The van der Waals surface area contributed by atoms with Crippen LogP contribution < -0.4 is 10.1 Å². The number of amides is 1. The number of nitrogens with zero attached hydrogens (tertiary/aromatic N) is 2. The number of para-hydroxylation sites is 1. The molecule has 22 heavy (non-hydrogen) atoms. The van der Waals surface area contributed by atoms with Gasteiger partial charge in [-0.2, -0.15) is 0 Å². The van der Waals surface area contributed by atoms with Gasteiger partial charge in [0.05, 0.1) is 12.9 Å². The van der Waals surface area contributed by atoms with Crippen molar-refractivity contribution in [2.75, 3.05) is 19.4 Å². The third-order valence-corrected chi connectivity index (χ3v) is 3.93. The summed E-state index contributed by atoms with van der Waals surface area (Å²) < 4.78 is 5.28. The van der Waals surface area contributed by atoms with Crippen LogP contribution in [0.15, 0.2) is 29.4 Å². The van der Waals surface area contributed by atoms with Gasteiger partial charge in [0, 0.05) is 13.0 Å². The standard InChI is InChI=1S/C15H20N4O2S/c1-3-13-17-15(19-18-13)22-10-14(20)16-9-8-11-6-4-5-7-12(11)21-2/h4-7H,3,8-10H2,1-2H3,(H,16,20)(H,17,18,19). The molecule has 6 nitrogen and oxygen atoms in total. The number of benzene rings is 1. The van der Waals surface area contributed by atoms with Gasteiger partial charge in [0.2, 0.25) is 11.1 Å². The van der Waals surface area contributed by atoms with Crippen LogP contribution in [0, 0.1) is 0 Å². The van der Waals surface area contributed by atoms with E-state index in [1.807, 2.05) is 31.2 Å². The first-order valence-electron chi connectivity index (χ1n) is 7.15. The third-order valence-electron chi connectivity index (χ3n) is 3.09. The van der Waals surface area contributed by atoms with Crippen LogP contribution >= 0.6 is 11.8 Å². The van der Waals surface area contributed by atoms with Crippen LogP contribution in [0.1, 0.15) is 18.3 Å². The summed E-state index contributed by atoms with van der Waals surface area (Å²) in [6.07, 6.45) is 1.54. The minimum atomic E-state index is -0.0252. The first-order chi connectivity index (χ1) is 10.7. The van der Waals surface area contributed by atoms with Gasteiger partial charge in [-0.15, -0.1) is 5.10 Å². The van der Waals surface area contributed by atoms with Crippen LogP contribution in [0.4, 0.5) is 0 Å². The van der Waals surface area contributed by atoms with Crippen molar-refractivity contribution in [2.45, 2.75) is 24.9 Å². The molecule has 0 saturated heterocycles. The second kappa shape index (κ2) is 8.43. The Bertz CT molecular complexity index is 615. The number of methoxy groups -OCH3 is 1. The smallest absolute Gasteiger partial charge is 0.230 e. The molecule has 1 heterocycles. The number of hydrogen-bond donors (Lipinski definition) is 2. The Balaban J connectivity index is 1.71. The van der Waals surface area contributed by atoms with E-state index < -0.39 is 0 Å². The molecule has 7 heteroatoms. The molecule has 2 N–H and O–H groups in total. The van der Waals surface area contributed by atoms with E-state index in [4.69, 9.17) is 4.74 Å². The van der Waals surface area contributed by atoms with Gasteiger partial charge in [-0.05, 0) is 18.1 Å². The number of thioether (sulfide) groups is 1. The monoisotopic (exact) mass is 320 g/mol. The molecule has 0 aliphatic rings. The molecular weight excluding hydrogens is 300 g/mol. The number of rotatable bonds is 8. The van der Waals surface area contributed by atoms with Crippen molar-refractivity contribution < 1.29 is 9.53 Å². The molecule has 0 radical (unpaired) electrons. The predicted molar refractivity (Wildman–Crippen MR) is 86.2 cm³/mol. The minimum absolute atomic E-state index is 0.0252. The van der Waals surface area contributed by atoms with Crippen LogP contribution in [0.25, 0.3) is 0 Å². The summed E-state index contributed by atoms with van der Waals surface area (Å²) in [5.74, 6) is 1.97. The highest BCUT2D eigenvalue weighted by molar-refractivity contribution is 7.99. The van der Waals surface area contributed by atoms with Gasteiger partial charge >= 0.3 is 0 Å². The summed E-state index contributed by atoms with van der Waals surface area (Å²) in [7, 11) is 1.65. The van der Waals surface area contributed by atoms with Crippen molar-refractivity contribution in [2.24, 2.45) is 0 Å². The molecular formula is C15H20N4O2S. The molecule has 0 aliphatic heterocycles. The fourth-order valence-corrected chi connectivity index (χ4v) is 2.57. The second-order valence-electron chi connectivity index (χ2n) is 4.62. The lowest BCUT2D eigenvalue weighted by atomic mass is 10.1. The number of carbonyl (C=O) groups excluding carboxylic acids is 1. The predicted octanol–water partition coefficient (Wildman–Crippen LogP) is 1.83. The van der Waals surface area contributed by atoms with Crippen LogP contribution in [0.3, 0.4) is 0 Å². The quantitative estimate of drug-likeness (QED) is 0.725. The zero-order chi connectivity index (χ0) is 15.8. The Morgan fingerprint density at radius 3 is 2.95 bits per heavy atom. The van der Waals surface area contributed by atoms with Crippen LogP contribution in [-0.2, 0) is 17.6 Å². The number of hydrogen-bond acceptors (Lipinski definition) is 5. The Morgan fingerprint density at radius 1 is 1.41 bits per heavy atom. The van der Waals surface area contributed by atoms with Crippen molar-refractivity contribution in [3.63, 3.8) is 0 Å². The van der Waals surface area contributed by atoms with Gasteiger partial charge in [0.25, 0.3) is 0 Å². The summed E-state index contributed by atoms with van der Waals surface area (Å²) in [4.78, 5) is 16.1. The Kier molecular flexibility index (Phi) is 6.27. The van der Waals surface area contributed by atoms with Crippen molar-refractivity contribution >= 4 is 17.7 Å². The topological polar surface area (TPSA) is 79.9 Å². The van der Waals surface area contributed by atoms with Crippen LogP contribution in [0.5, 0.6) is 5.75 Å². The Hall–Kier alpha value is -2.02. The van der Waals surface area contributed by atoms with Crippen molar-refractivity contribution in [3.05, 3.63) is 35.7 Å². The van der Waals surface area contributed by atoms with E-state index in [-0.39, 0.29) is 5.91 Å². The fraction of sp³-hybridized carbons (Fsp3) is 0.400. The summed E-state index contributed by atoms with van der Waals surface area (Å²) in [6, 6.07) is 7.81. The molecule has 2 rings (SSSR count). The largest absolute Gasteiger partial charge is 0.496 e. The first-order valence-corrected chi connectivity index (χ1v) is 8.14. The molecule has 0 fully saturated rings. The van der Waals surface area contributed by atoms with E-state index in [2.05, 4.69) is 20.5 Å². The number of carbonyl (C=O) groups is 1. The number of aryl methyl sites for hydroxylation is 1. The minimum Gasteiger partial charge on any atom is -0.496 e. The molecule has 0 bridgehead atoms. The molecule has 0 atom stereocenters. The number of nitrogens with one attached hydrogen (secondary N) is 2. The highest BCUT2D eigenvalue weighted by Gasteiger charge is 2.07.